The molecule has 6 heteroatoms. The van der Waals surface area contributed by atoms with E-state index in [1.54, 1.807) is 0 Å². The van der Waals surface area contributed by atoms with Crippen LogP contribution in [-0.4, -0.2) is 31.8 Å². The summed E-state index contributed by atoms with van der Waals surface area (Å²) in [5.41, 5.74) is 5.69. The minimum Gasteiger partial charge on any atom is -0.353 e. The lowest BCUT2D eigenvalue weighted by molar-refractivity contribution is 0.877. The Morgan fingerprint density at radius 1 is 1.25 bits per heavy atom. The van der Waals surface area contributed by atoms with Crippen LogP contribution in [0.5, 0.6) is 0 Å². The van der Waals surface area contributed by atoms with E-state index in [1.165, 1.54) is 0 Å². The second kappa shape index (κ2) is 6.78. The van der Waals surface area contributed by atoms with E-state index in [9.17, 15) is 0 Å². The normalized spacial score (nSPS) is 10.8. The molecular formula is C18H22N6. The lowest BCUT2D eigenvalue weighted by Gasteiger charge is -2.06. The average molecular weight is 322 g/mol. The minimum absolute atomic E-state index is 0.638. The van der Waals surface area contributed by atoms with Gasteiger partial charge in [-0.3, -0.25) is 9.98 Å². The number of anilines is 1. The summed E-state index contributed by atoms with van der Waals surface area (Å²) < 4.78 is 1.83. The number of hydrogen-bond donors (Lipinski definition) is 1. The molecule has 0 unspecified atom stereocenters. The van der Waals surface area contributed by atoms with Crippen molar-refractivity contribution in [3.63, 3.8) is 0 Å². The molecule has 3 rings (SSSR count). The monoisotopic (exact) mass is 322 g/mol. The third-order valence-corrected chi connectivity index (χ3v) is 3.63. The summed E-state index contributed by atoms with van der Waals surface area (Å²) in [5.74, 6) is 0.638. The number of nitrogens with zero attached hydrogens (tertiary/aromatic N) is 5. The predicted octanol–water partition coefficient (Wildman–Crippen LogP) is 4.03. The third-order valence-electron chi connectivity index (χ3n) is 3.63. The number of aliphatic imine (C=N–C) groups is 1. The van der Waals surface area contributed by atoms with Crippen LogP contribution in [0.25, 0.3) is 16.8 Å². The number of hydrogen-bond acceptors (Lipinski definition) is 5. The van der Waals surface area contributed by atoms with E-state index in [2.05, 4.69) is 27.3 Å². The molecule has 0 aromatic carbocycles. The highest BCUT2D eigenvalue weighted by molar-refractivity contribution is 5.83. The molecule has 0 amide bonds. The highest BCUT2D eigenvalue weighted by Gasteiger charge is 2.10. The maximum Gasteiger partial charge on any atom is 0.240 e. The highest BCUT2D eigenvalue weighted by Crippen LogP contribution is 2.27. The van der Waals surface area contributed by atoms with Gasteiger partial charge in [0.1, 0.15) is 0 Å². The summed E-state index contributed by atoms with van der Waals surface area (Å²) in [5, 5.41) is 7.68. The van der Waals surface area contributed by atoms with E-state index in [1.807, 2.05) is 55.9 Å². The summed E-state index contributed by atoms with van der Waals surface area (Å²) in [6.07, 6.45) is 4.80. The standard InChI is InChI=1S/C18H22N6/c1-5-9-19-18-20-11-17-14(8-10-24(17)23-18)16-7-6-15(13(4)22-16)21-12(2)3/h6-8,10-11H,5,9H2,1-4H3,(H,19,23). The molecule has 0 aliphatic carbocycles. The summed E-state index contributed by atoms with van der Waals surface area (Å²) in [6, 6.07) is 6.02. The lowest BCUT2D eigenvalue weighted by Crippen LogP contribution is -2.06. The summed E-state index contributed by atoms with van der Waals surface area (Å²) in [4.78, 5) is 13.6. The smallest absolute Gasteiger partial charge is 0.240 e. The molecular weight excluding hydrogens is 300 g/mol. The van der Waals surface area contributed by atoms with Crippen molar-refractivity contribution in [3.8, 4) is 11.3 Å². The average Bonchev–Trinajstić information content (AvgIpc) is 2.97. The second-order valence-corrected chi connectivity index (χ2v) is 5.93. The molecule has 0 radical (unpaired) electrons. The van der Waals surface area contributed by atoms with E-state index >= 15 is 0 Å². The molecule has 124 valence electrons. The Hall–Kier alpha value is -2.76. The number of aryl methyl sites for hydroxylation is 1. The Labute approximate surface area is 141 Å². The van der Waals surface area contributed by atoms with Gasteiger partial charge in [-0.1, -0.05) is 6.92 Å². The first kappa shape index (κ1) is 16.1. The Morgan fingerprint density at radius 3 is 2.79 bits per heavy atom. The highest BCUT2D eigenvalue weighted by atomic mass is 15.3. The number of aromatic nitrogens is 4. The molecule has 0 aliphatic rings. The van der Waals surface area contributed by atoms with Crippen molar-refractivity contribution in [2.75, 3.05) is 11.9 Å². The van der Waals surface area contributed by atoms with Crippen LogP contribution in [0, 0.1) is 6.92 Å². The van der Waals surface area contributed by atoms with Crippen molar-refractivity contribution in [3.05, 3.63) is 36.3 Å². The van der Waals surface area contributed by atoms with Gasteiger partial charge in [-0.15, -0.1) is 5.10 Å². The molecule has 1 N–H and O–H groups in total. The van der Waals surface area contributed by atoms with Gasteiger partial charge in [0.05, 0.1) is 28.8 Å². The van der Waals surface area contributed by atoms with Crippen molar-refractivity contribution in [1.29, 1.82) is 0 Å². The molecule has 0 spiro atoms. The van der Waals surface area contributed by atoms with Gasteiger partial charge >= 0.3 is 0 Å². The van der Waals surface area contributed by atoms with Crippen LogP contribution in [-0.2, 0) is 0 Å². The van der Waals surface area contributed by atoms with Crippen molar-refractivity contribution in [1.82, 2.24) is 19.6 Å². The van der Waals surface area contributed by atoms with E-state index in [-0.39, 0.29) is 0 Å². The van der Waals surface area contributed by atoms with Gasteiger partial charge in [-0.05, 0) is 45.4 Å². The fourth-order valence-electron chi connectivity index (χ4n) is 2.50. The van der Waals surface area contributed by atoms with Crippen molar-refractivity contribution in [2.45, 2.75) is 34.1 Å². The van der Waals surface area contributed by atoms with E-state index < -0.39 is 0 Å². The Kier molecular flexibility index (Phi) is 4.55. The van der Waals surface area contributed by atoms with Gasteiger partial charge in [-0.2, -0.15) is 0 Å². The molecule has 0 aliphatic heterocycles. The minimum atomic E-state index is 0.638. The predicted molar refractivity (Wildman–Crippen MR) is 98.2 cm³/mol. The van der Waals surface area contributed by atoms with E-state index in [0.717, 1.165) is 46.8 Å². The first-order valence-electron chi connectivity index (χ1n) is 8.16. The molecule has 6 nitrogen and oxygen atoms in total. The Bertz CT molecular complexity index is 890. The van der Waals surface area contributed by atoms with Crippen LogP contribution < -0.4 is 5.32 Å². The van der Waals surface area contributed by atoms with Crippen molar-refractivity contribution in [2.24, 2.45) is 4.99 Å². The number of nitrogens with one attached hydrogen (secondary N) is 1. The summed E-state index contributed by atoms with van der Waals surface area (Å²) >= 11 is 0. The molecule has 0 saturated carbocycles. The summed E-state index contributed by atoms with van der Waals surface area (Å²) in [6.45, 7) is 8.92. The van der Waals surface area contributed by atoms with Gasteiger partial charge in [-0.25, -0.2) is 9.50 Å². The zero-order valence-corrected chi connectivity index (χ0v) is 14.5. The van der Waals surface area contributed by atoms with Crippen LogP contribution in [0.15, 0.2) is 35.6 Å². The van der Waals surface area contributed by atoms with Crippen LogP contribution >= 0.6 is 0 Å². The maximum absolute atomic E-state index is 4.70. The molecule has 0 fully saturated rings. The molecule has 0 saturated heterocycles. The zero-order chi connectivity index (χ0) is 17.1. The molecule has 3 heterocycles. The lowest BCUT2D eigenvalue weighted by atomic mass is 10.1. The van der Waals surface area contributed by atoms with Gasteiger partial charge in [0, 0.05) is 24.0 Å². The number of pyridine rings is 1. The number of fused-ring (bicyclic) bond motifs is 1. The first-order valence-corrected chi connectivity index (χ1v) is 8.16. The molecule has 24 heavy (non-hydrogen) atoms. The van der Waals surface area contributed by atoms with Crippen LogP contribution in [0.1, 0.15) is 32.9 Å². The third kappa shape index (κ3) is 3.27. The number of rotatable bonds is 5. The van der Waals surface area contributed by atoms with Crippen LogP contribution in [0.4, 0.5) is 11.6 Å². The molecule has 3 aromatic rings. The SMILES string of the molecule is CCCNc1ncc2c(-c3ccc(N=C(C)C)c(C)n3)ccn2n1. The largest absolute Gasteiger partial charge is 0.353 e. The van der Waals surface area contributed by atoms with Gasteiger partial charge in [0.2, 0.25) is 5.95 Å². The van der Waals surface area contributed by atoms with E-state index in [4.69, 9.17) is 4.98 Å². The first-order chi connectivity index (χ1) is 11.6. The Morgan fingerprint density at radius 2 is 2.08 bits per heavy atom. The fraction of sp³-hybridized carbons (Fsp3) is 0.333. The summed E-state index contributed by atoms with van der Waals surface area (Å²) in [7, 11) is 0. The van der Waals surface area contributed by atoms with E-state index in [0.29, 0.717) is 5.95 Å². The maximum atomic E-state index is 4.70. The van der Waals surface area contributed by atoms with Crippen molar-refractivity contribution < 1.29 is 0 Å². The molecule has 0 atom stereocenters. The Balaban J connectivity index is 1.98. The van der Waals surface area contributed by atoms with Crippen LogP contribution in [0.2, 0.25) is 0 Å². The van der Waals surface area contributed by atoms with Gasteiger partial charge in [0.15, 0.2) is 0 Å². The van der Waals surface area contributed by atoms with Crippen molar-refractivity contribution >= 4 is 22.9 Å². The topological polar surface area (TPSA) is 67.5 Å². The quantitative estimate of drug-likeness (QED) is 0.720. The van der Waals surface area contributed by atoms with Gasteiger partial charge < -0.3 is 5.32 Å². The second-order valence-electron chi connectivity index (χ2n) is 5.93. The molecule has 3 aromatic heterocycles. The molecule has 0 bridgehead atoms. The zero-order valence-electron chi connectivity index (χ0n) is 14.5. The van der Waals surface area contributed by atoms with Crippen LogP contribution in [0.3, 0.4) is 0 Å². The fourth-order valence-corrected chi connectivity index (χ4v) is 2.50. The van der Waals surface area contributed by atoms with Gasteiger partial charge in [0.25, 0.3) is 0 Å².